The second-order valence-electron chi connectivity index (χ2n) is 3.71. The van der Waals surface area contributed by atoms with Crippen LogP contribution >= 0.6 is 34.8 Å². The number of nitrogens with one attached hydrogen (secondary N) is 1. The van der Waals surface area contributed by atoms with Crippen LogP contribution in [0, 0.1) is 0 Å². The number of rotatable bonds is 1. The lowest BCUT2D eigenvalue weighted by Crippen LogP contribution is -2.23. The summed E-state index contributed by atoms with van der Waals surface area (Å²) in [5.74, 6) is -0.126. The Bertz CT molecular complexity index is 765. The number of aromatic nitrogens is 2. The average Bonchev–Trinajstić information content (AvgIpc) is 2.69. The lowest BCUT2D eigenvalue weighted by Gasteiger charge is -2.07. The third kappa shape index (κ3) is 2.69. The van der Waals surface area contributed by atoms with Crippen LogP contribution in [0.3, 0.4) is 0 Å². The Hall–Kier alpha value is -0.700. The molecule has 1 N–H and O–H groups in total. The van der Waals surface area contributed by atoms with E-state index >= 15 is 0 Å². The molecule has 0 aliphatic rings. The van der Waals surface area contributed by atoms with E-state index in [0.717, 1.165) is 18.2 Å². The molecule has 0 atom stereocenters. The fraction of sp³-hybridized carbons (Fsp3) is 0.222. The van der Waals surface area contributed by atoms with Gasteiger partial charge < -0.3 is 4.98 Å². The van der Waals surface area contributed by atoms with E-state index in [4.69, 9.17) is 34.8 Å². The van der Waals surface area contributed by atoms with Gasteiger partial charge in [-0.2, -0.15) is 13.2 Å². The molecule has 1 heterocycles. The lowest BCUT2D eigenvalue weighted by atomic mass is 10.3. The van der Waals surface area contributed by atoms with Crippen LogP contribution in [-0.2, 0) is 13.6 Å². The third-order valence-electron chi connectivity index (χ3n) is 2.34. The van der Waals surface area contributed by atoms with Crippen molar-refractivity contribution >= 4 is 55.7 Å². The maximum absolute atomic E-state index is 12.4. The quantitative estimate of drug-likeness (QED) is 0.782. The molecule has 20 heavy (non-hydrogen) atoms. The molecular weight excluding hydrogens is 364 g/mol. The topological polar surface area (TPSA) is 62.8 Å². The van der Waals surface area contributed by atoms with Crippen molar-refractivity contribution in [2.24, 2.45) is 0 Å². The predicted molar refractivity (Wildman–Crippen MR) is 68.6 cm³/mol. The Morgan fingerprint density at radius 3 is 2.25 bits per heavy atom. The third-order valence-corrected chi connectivity index (χ3v) is 4.36. The molecule has 0 fully saturated rings. The molecule has 1 aromatic carbocycles. The summed E-state index contributed by atoms with van der Waals surface area (Å²) in [6.45, 7) is 0. The molecule has 0 saturated carbocycles. The first-order valence-electron chi connectivity index (χ1n) is 4.81. The van der Waals surface area contributed by atoms with Gasteiger partial charge in [0, 0.05) is 0 Å². The van der Waals surface area contributed by atoms with E-state index in [1.54, 1.807) is 0 Å². The van der Waals surface area contributed by atoms with Crippen LogP contribution in [0.15, 0.2) is 23.1 Å². The molecule has 0 saturated heterocycles. The van der Waals surface area contributed by atoms with E-state index < -0.39 is 24.0 Å². The molecular formula is C9H4Cl3F3N2O2S. The molecule has 0 unspecified atom stereocenters. The van der Waals surface area contributed by atoms with Gasteiger partial charge in [0.05, 0.1) is 15.9 Å². The molecule has 0 aliphatic heterocycles. The van der Waals surface area contributed by atoms with Gasteiger partial charge in [-0.15, -0.1) is 0 Å². The van der Waals surface area contributed by atoms with Crippen molar-refractivity contribution in [2.45, 2.75) is 14.2 Å². The van der Waals surface area contributed by atoms with Crippen molar-refractivity contribution in [3.05, 3.63) is 24.0 Å². The summed E-state index contributed by atoms with van der Waals surface area (Å²) in [4.78, 5) is 5.38. The van der Waals surface area contributed by atoms with Crippen LogP contribution in [0.1, 0.15) is 5.82 Å². The molecule has 0 amide bonds. The van der Waals surface area contributed by atoms with E-state index in [1.807, 2.05) is 0 Å². The zero-order valence-electron chi connectivity index (χ0n) is 9.17. The number of alkyl halides is 6. The molecule has 11 heteroatoms. The minimum absolute atomic E-state index is 0.0108. The maximum atomic E-state index is 12.4. The van der Waals surface area contributed by atoms with Crippen LogP contribution in [0.5, 0.6) is 0 Å². The highest BCUT2D eigenvalue weighted by Crippen LogP contribution is 2.38. The second kappa shape index (κ2) is 4.66. The lowest BCUT2D eigenvalue weighted by molar-refractivity contribution is -0.0435. The van der Waals surface area contributed by atoms with Gasteiger partial charge in [-0.3, -0.25) is 0 Å². The fourth-order valence-corrected chi connectivity index (χ4v) is 2.48. The molecule has 1 aromatic heterocycles. The van der Waals surface area contributed by atoms with Gasteiger partial charge in [0.25, 0.3) is 9.84 Å². The number of nitrogens with zero attached hydrogens (tertiary/aromatic N) is 1. The zero-order valence-corrected chi connectivity index (χ0v) is 12.3. The molecule has 0 spiro atoms. The van der Waals surface area contributed by atoms with Gasteiger partial charge in [-0.1, -0.05) is 34.8 Å². The summed E-state index contributed by atoms with van der Waals surface area (Å²) < 4.78 is 57.9. The van der Waals surface area contributed by atoms with Crippen molar-refractivity contribution in [3.63, 3.8) is 0 Å². The van der Waals surface area contributed by atoms with Gasteiger partial charge in [-0.25, -0.2) is 13.4 Å². The Morgan fingerprint density at radius 2 is 1.75 bits per heavy atom. The summed E-state index contributed by atoms with van der Waals surface area (Å²) in [5, 5.41) is 0. The summed E-state index contributed by atoms with van der Waals surface area (Å²) in [7, 11) is -5.44. The van der Waals surface area contributed by atoms with Gasteiger partial charge >= 0.3 is 5.51 Å². The average molecular weight is 368 g/mol. The number of benzene rings is 1. The van der Waals surface area contributed by atoms with Crippen LogP contribution in [0.4, 0.5) is 13.2 Å². The van der Waals surface area contributed by atoms with Gasteiger partial charge in [-0.05, 0) is 18.2 Å². The Morgan fingerprint density at radius 1 is 1.15 bits per heavy atom. The number of aromatic amines is 1. The summed E-state index contributed by atoms with van der Waals surface area (Å²) in [5.41, 5.74) is -5.21. The van der Waals surface area contributed by atoms with E-state index in [-0.39, 0.29) is 16.9 Å². The first-order valence-corrected chi connectivity index (χ1v) is 7.43. The number of sulfone groups is 1. The number of halogens is 6. The minimum Gasteiger partial charge on any atom is -0.338 e. The zero-order chi connectivity index (χ0) is 15.3. The van der Waals surface area contributed by atoms with Crippen LogP contribution in [0.2, 0.25) is 0 Å². The molecule has 0 aliphatic carbocycles. The normalized spacial score (nSPS) is 13.9. The van der Waals surface area contributed by atoms with Crippen molar-refractivity contribution in [1.82, 2.24) is 9.97 Å². The van der Waals surface area contributed by atoms with Gasteiger partial charge in [0.2, 0.25) is 3.79 Å². The molecule has 0 radical (unpaired) electrons. The van der Waals surface area contributed by atoms with Crippen LogP contribution in [0.25, 0.3) is 11.0 Å². The van der Waals surface area contributed by atoms with Crippen molar-refractivity contribution in [1.29, 1.82) is 0 Å². The molecule has 4 nitrogen and oxygen atoms in total. The van der Waals surface area contributed by atoms with Crippen molar-refractivity contribution < 1.29 is 21.6 Å². The Kier molecular flexibility index (Phi) is 3.65. The van der Waals surface area contributed by atoms with Crippen molar-refractivity contribution in [3.8, 4) is 0 Å². The molecule has 0 bridgehead atoms. The predicted octanol–water partition coefficient (Wildman–Crippen LogP) is 3.68. The van der Waals surface area contributed by atoms with Crippen LogP contribution in [-0.4, -0.2) is 23.9 Å². The second-order valence-corrected chi connectivity index (χ2v) is 7.93. The van der Waals surface area contributed by atoms with Gasteiger partial charge in [0.15, 0.2) is 5.82 Å². The summed E-state index contributed by atoms with van der Waals surface area (Å²) in [6.07, 6.45) is 0. The maximum Gasteiger partial charge on any atom is 0.501 e. The number of hydrogen-bond donors (Lipinski definition) is 1. The Labute approximate surface area is 125 Å². The Balaban J connectivity index is 2.61. The highest BCUT2D eigenvalue weighted by molar-refractivity contribution is 7.92. The molecule has 110 valence electrons. The standard InChI is InChI=1S/C9H4Cl3F3N2O2S/c10-8(11,12)7-16-5-2-1-4(3-6(5)17-7)20(18,19)9(13,14)15/h1-3H,(H,16,17). The fourth-order valence-electron chi connectivity index (χ4n) is 1.42. The number of H-pyrrole nitrogens is 1. The SMILES string of the molecule is O=S(=O)(c1ccc2nc(C(Cl)(Cl)Cl)[nH]c2c1)C(F)(F)F. The van der Waals surface area contributed by atoms with E-state index in [1.165, 1.54) is 0 Å². The van der Waals surface area contributed by atoms with Crippen LogP contribution < -0.4 is 0 Å². The minimum atomic E-state index is -5.44. The first kappa shape index (κ1) is 15.7. The van der Waals surface area contributed by atoms with E-state index in [9.17, 15) is 21.6 Å². The monoisotopic (exact) mass is 366 g/mol. The first-order chi connectivity index (χ1) is 8.93. The number of imidazole rings is 1. The van der Waals surface area contributed by atoms with E-state index in [0.29, 0.717) is 0 Å². The highest BCUT2D eigenvalue weighted by Gasteiger charge is 2.47. The summed E-state index contributed by atoms with van der Waals surface area (Å²) in [6, 6.07) is 2.66. The smallest absolute Gasteiger partial charge is 0.338 e. The molecule has 2 aromatic rings. The van der Waals surface area contributed by atoms with E-state index in [2.05, 4.69) is 9.97 Å². The number of fused-ring (bicyclic) bond motifs is 1. The summed E-state index contributed by atoms with van der Waals surface area (Å²) >= 11 is 16.7. The van der Waals surface area contributed by atoms with Gasteiger partial charge in [0.1, 0.15) is 0 Å². The largest absolute Gasteiger partial charge is 0.501 e. The molecule has 2 rings (SSSR count). The van der Waals surface area contributed by atoms with Crippen molar-refractivity contribution in [2.75, 3.05) is 0 Å². The highest BCUT2D eigenvalue weighted by atomic mass is 35.6. The number of hydrogen-bond acceptors (Lipinski definition) is 3.